The average molecular weight is 314 g/mol. The van der Waals surface area contributed by atoms with Crippen LogP contribution < -0.4 is 5.73 Å². The van der Waals surface area contributed by atoms with Gasteiger partial charge in [-0.1, -0.05) is 18.2 Å². The molecule has 1 aliphatic rings. The van der Waals surface area contributed by atoms with Gasteiger partial charge in [-0.2, -0.15) is 13.2 Å². The summed E-state index contributed by atoms with van der Waals surface area (Å²) in [5.41, 5.74) is 5.14. The zero-order valence-corrected chi connectivity index (χ0v) is 12.4. The number of alkyl halides is 3. The first-order valence-corrected chi connectivity index (χ1v) is 7.54. The smallest absolute Gasteiger partial charge is 0.341 e. The Labute approximate surface area is 128 Å². The molecule has 0 aromatic heterocycles. The van der Waals surface area contributed by atoms with Crippen molar-refractivity contribution in [3.8, 4) is 0 Å². The molecule has 1 amide bonds. The Bertz CT molecular complexity index is 516. The monoisotopic (exact) mass is 314 g/mol. The van der Waals surface area contributed by atoms with Crippen LogP contribution in [0, 0.1) is 5.92 Å². The van der Waals surface area contributed by atoms with Gasteiger partial charge in [0.2, 0.25) is 5.91 Å². The van der Waals surface area contributed by atoms with Crippen LogP contribution in [0.2, 0.25) is 0 Å². The highest BCUT2D eigenvalue weighted by atomic mass is 19.4. The topological polar surface area (TPSA) is 46.3 Å². The molecule has 0 bridgehead atoms. The lowest BCUT2D eigenvalue weighted by atomic mass is 9.90. The number of nitrogens with two attached hydrogens (primary N) is 1. The summed E-state index contributed by atoms with van der Waals surface area (Å²) in [4.78, 5) is 13.4. The Balaban J connectivity index is 1.97. The maximum absolute atomic E-state index is 13.0. The summed E-state index contributed by atoms with van der Waals surface area (Å²) in [5.74, 6) is 0.158. The Kier molecular flexibility index (Phi) is 5.45. The van der Waals surface area contributed by atoms with E-state index in [2.05, 4.69) is 0 Å². The Morgan fingerprint density at radius 1 is 1.32 bits per heavy atom. The SMILES string of the molecule is NCC(=O)N1CCC[C@H](CCc2ccccc2C(F)(F)F)C1. The number of amides is 1. The molecule has 0 spiro atoms. The fourth-order valence-electron chi connectivity index (χ4n) is 3.03. The highest BCUT2D eigenvalue weighted by molar-refractivity contribution is 5.78. The third-order valence-electron chi connectivity index (χ3n) is 4.19. The summed E-state index contributed by atoms with van der Waals surface area (Å²) in [6, 6.07) is 5.71. The zero-order chi connectivity index (χ0) is 16.2. The van der Waals surface area contributed by atoms with E-state index in [0.717, 1.165) is 18.9 Å². The second kappa shape index (κ2) is 7.13. The number of hydrogen-bond acceptors (Lipinski definition) is 2. The van der Waals surface area contributed by atoms with Crippen LogP contribution in [-0.4, -0.2) is 30.4 Å². The second-order valence-corrected chi connectivity index (χ2v) is 5.75. The van der Waals surface area contributed by atoms with Gasteiger partial charge >= 0.3 is 6.18 Å². The number of hydrogen-bond donors (Lipinski definition) is 1. The van der Waals surface area contributed by atoms with Crippen molar-refractivity contribution in [2.45, 2.75) is 31.9 Å². The fourth-order valence-corrected chi connectivity index (χ4v) is 3.03. The summed E-state index contributed by atoms with van der Waals surface area (Å²) >= 11 is 0. The molecule has 1 fully saturated rings. The van der Waals surface area contributed by atoms with Crippen LogP contribution in [0.3, 0.4) is 0 Å². The van der Waals surface area contributed by atoms with E-state index in [-0.39, 0.29) is 18.4 Å². The summed E-state index contributed by atoms with van der Waals surface area (Å²) in [6.07, 6.45) is -1.45. The first-order valence-electron chi connectivity index (χ1n) is 7.54. The molecule has 1 aromatic rings. The molecular weight excluding hydrogens is 293 g/mol. The third kappa shape index (κ3) is 4.22. The van der Waals surface area contributed by atoms with Crippen LogP contribution in [0.25, 0.3) is 0 Å². The minimum absolute atomic E-state index is 0.0103. The highest BCUT2D eigenvalue weighted by Crippen LogP contribution is 2.33. The lowest BCUT2D eigenvalue weighted by molar-refractivity contribution is -0.138. The Hall–Kier alpha value is -1.56. The van der Waals surface area contributed by atoms with Crippen LogP contribution in [0.1, 0.15) is 30.4 Å². The lowest BCUT2D eigenvalue weighted by Crippen LogP contribution is -2.43. The summed E-state index contributed by atoms with van der Waals surface area (Å²) in [7, 11) is 0. The van der Waals surface area contributed by atoms with Crippen molar-refractivity contribution in [2.24, 2.45) is 11.7 Å². The number of nitrogens with zero attached hydrogens (tertiary/aromatic N) is 1. The standard InChI is InChI=1S/C16H21F3N2O/c17-16(18,19)14-6-2-1-5-13(14)8-7-12-4-3-9-21(11-12)15(22)10-20/h1-2,5-6,12H,3-4,7-11,20H2/t12-/m1/s1. The van der Waals surface area contributed by atoms with Gasteiger partial charge in [0.05, 0.1) is 12.1 Å². The van der Waals surface area contributed by atoms with E-state index >= 15 is 0 Å². The van der Waals surface area contributed by atoms with Crippen molar-refractivity contribution in [1.82, 2.24) is 4.90 Å². The van der Waals surface area contributed by atoms with E-state index < -0.39 is 11.7 Å². The molecule has 1 heterocycles. The molecule has 0 unspecified atom stereocenters. The number of aryl methyl sites for hydroxylation is 1. The molecule has 1 aromatic carbocycles. The van der Waals surface area contributed by atoms with Crippen LogP contribution in [0.5, 0.6) is 0 Å². The first kappa shape index (κ1) is 16.8. The van der Waals surface area contributed by atoms with Gasteiger partial charge < -0.3 is 10.6 Å². The molecule has 1 aliphatic heterocycles. The molecule has 0 saturated carbocycles. The van der Waals surface area contributed by atoms with E-state index in [0.29, 0.717) is 31.5 Å². The Morgan fingerprint density at radius 3 is 2.73 bits per heavy atom. The molecule has 2 N–H and O–H groups in total. The van der Waals surface area contributed by atoms with Gasteiger partial charge in [0, 0.05) is 13.1 Å². The number of likely N-dealkylation sites (tertiary alicyclic amines) is 1. The van der Waals surface area contributed by atoms with E-state index in [9.17, 15) is 18.0 Å². The molecular formula is C16H21F3N2O. The molecule has 6 heteroatoms. The second-order valence-electron chi connectivity index (χ2n) is 5.75. The number of carbonyl (C=O) groups excluding carboxylic acids is 1. The minimum Gasteiger partial charge on any atom is -0.341 e. The quantitative estimate of drug-likeness (QED) is 0.929. The van der Waals surface area contributed by atoms with Gasteiger partial charge in [-0.25, -0.2) is 0 Å². The average Bonchev–Trinajstić information content (AvgIpc) is 2.52. The van der Waals surface area contributed by atoms with Gasteiger partial charge in [0.25, 0.3) is 0 Å². The zero-order valence-electron chi connectivity index (χ0n) is 12.4. The number of halogens is 3. The lowest BCUT2D eigenvalue weighted by Gasteiger charge is -2.32. The van der Waals surface area contributed by atoms with Crippen LogP contribution in [-0.2, 0) is 17.4 Å². The molecule has 3 nitrogen and oxygen atoms in total. The van der Waals surface area contributed by atoms with Gasteiger partial charge in [-0.15, -0.1) is 0 Å². The highest BCUT2D eigenvalue weighted by Gasteiger charge is 2.33. The summed E-state index contributed by atoms with van der Waals surface area (Å²) < 4.78 is 38.9. The molecule has 22 heavy (non-hydrogen) atoms. The molecule has 0 aliphatic carbocycles. The van der Waals surface area contributed by atoms with Gasteiger partial charge in [0.1, 0.15) is 0 Å². The summed E-state index contributed by atoms with van der Waals surface area (Å²) in [5, 5.41) is 0. The van der Waals surface area contributed by atoms with E-state index in [4.69, 9.17) is 5.73 Å². The van der Waals surface area contributed by atoms with E-state index in [1.165, 1.54) is 12.1 Å². The number of benzene rings is 1. The number of rotatable bonds is 4. The van der Waals surface area contributed by atoms with Crippen molar-refractivity contribution in [3.05, 3.63) is 35.4 Å². The largest absolute Gasteiger partial charge is 0.416 e. The van der Waals surface area contributed by atoms with Crippen molar-refractivity contribution in [2.75, 3.05) is 19.6 Å². The van der Waals surface area contributed by atoms with E-state index in [1.807, 2.05) is 0 Å². The fraction of sp³-hybridized carbons (Fsp3) is 0.562. The predicted octanol–water partition coefficient (Wildman–Crippen LogP) is 2.84. The summed E-state index contributed by atoms with van der Waals surface area (Å²) in [6.45, 7) is 1.29. The van der Waals surface area contributed by atoms with Gasteiger partial charge in [-0.3, -0.25) is 4.79 Å². The van der Waals surface area contributed by atoms with Crippen molar-refractivity contribution < 1.29 is 18.0 Å². The maximum Gasteiger partial charge on any atom is 0.416 e. The Morgan fingerprint density at radius 2 is 2.05 bits per heavy atom. The van der Waals surface area contributed by atoms with Crippen LogP contribution >= 0.6 is 0 Å². The van der Waals surface area contributed by atoms with Crippen molar-refractivity contribution in [1.29, 1.82) is 0 Å². The van der Waals surface area contributed by atoms with Crippen molar-refractivity contribution in [3.63, 3.8) is 0 Å². The number of carbonyl (C=O) groups is 1. The van der Waals surface area contributed by atoms with Gasteiger partial charge in [0.15, 0.2) is 0 Å². The first-order chi connectivity index (χ1) is 10.4. The number of piperidine rings is 1. The molecule has 2 rings (SSSR count). The normalized spacial score (nSPS) is 19.3. The molecule has 1 atom stereocenters. The van der Waals surface area contributed by atoms with Crippen LogP contribution in [0.4, 0.5) is 13.2 Å². The molecule has 1 saturated heterocycles. The maximum atomic E-state index is 13.0. The molecule has 122 valence electrons. The predicted molar refractivity (Wildman–Crippen MR) is 78.1 cm³/mol. The minimum atomic E-state index is -4.31. The van der Waals surface area contributed by atoms with Crippen LogP contribution in [0.15, 0.2) is 24.3 Å². The van der Waals surface area contributed by atoms with Gasteiger partial charge in [-0.05, 0) is 43.2 Å². The molecule has 0 radical (unpaired) electrons. The van der Waals surface area contributed by atoms with E-state index in [1.54, 1.807) is 11.0 Å². The van der Waals surface area contributed by atoms with Crippen molar-refractivity contribution >= 4 is 5.91 Å². The third-order valence-corrected chi connectivity index (χ3v) is 4.19.